The van der Waals surface area contributed by atoms with Crippen molar-refractivity contribution in [2.45, 2.75) is 78.6 Å². The molecule has 0 unspecified atom stereocenters. The Morgan fingerprint density at radius 3 is 2.09 bits per heavy atom. The molecule has 0 heterocycles. The maximum atomic E-state index is 13.1. The Morgan fingerprint density at radius 2 is 1.53 bits per heavy atom. The second-order valence-electron chi connectivity index (χ2n) is 10.2. The minimum Gasteiger partial charge on any atom is -0.489 e. The molecule has 0 aliphatic rings. The average molecular weight is 468 g/mol. The molecule has 6 nitrogen and oxygen atoms in total. The van der Waals surface area contributed by atoms with Gasteiger partial charge in [-0.25, -0.2) is 0 Å². The summed E-state index contributed by atoms with van der Waals surface area (Å²) in [6.07, 6.45) is 1.11. The first-order chi connectivity index (χ1) is 16.1. The van der Waals surface area contributed by atoms with E-state index in [-0.39, 0.29) is 17.9 Å². The van der Waals surface area contributed by atoms with Crippen LogP contribution in [-0.2, 0) is 22.6 Å². The molecule has 186 valence electrons. The van der Waals surface area contributed by atoms with Crippen LogP contribution in [0.15, 0.2) is 54.6 Å². The van der Waals surface area contributed by atoms with Gasteiger partial charge in [-0.3, -0.25) is 9.59 Å². The highest BCUT2D eigenvalue weighted by Crippen LogP contribution is 2.16. The van der Waals surface area contributed by atoms with Crippen molar-refractivity contribution in [3.8, 4) is 5.75 Å². The van der Waals surface area contributed by atoms with Crippen LogP contribution in [-0.4, -0.2) is 36.0 Å². The fourth-order valence-corrected chi connectivity index (χ4v) is 3.64. The Kier molecular flexibility index (Phi) is 10.6. The van der Waals surface area contributed by atoms with Crippen molar-refractivity contribution >= 4 is 11.8 Å². The van der Waals surface area contributed by atoms with Crippen molar-refractivity contribution in [2.75, 3.05) is 6.54 Å². The third-order valence-electron chi connectivity index (χ3n) is 5.22. The first-order valence-corrected chi connectivity index (χ1v) is 12.2. The zero-order valence-electron chi connectivity index (χ0n) is 21.5. The molecule has 2 rings (SSSR count). The topological polar surface area (TPSA) is 79.5 Å². The summed E-state index contributed by atoms with van der Waals surface area (Å²) >= 11 is 0. The van der Waals surface area contributed by atoms with E-state index in [9.17, 15) is 9.59 Å². The largest absolute Gasteiger partial charge is 0.489 e. The van der Waals surface area contributed by atoms with E-state index in [1.807, 2.05) is 82.3 Å². The number of carbonyl (C=O) groups is 2. The fraction of sp³-hybridized carbons (Fsp3) is 0.500. The van der Waals surface area contributed by atoms with E-state index in [2.05, 4.69) is 29.8 Å². The fourth-order valence-electron chi connectivity index (χ4n) is 3.64. The number of ether oxygens (including phenoxy) is 1. The molecular formula is C28H41N3O3. The Balaban J connectivity index is 2.09. The van der Waals surface area contributed by atoms with E-state index in [1.54, 1.807) is 0 Å². The zero-order chi connectivity index (χ0) is 25.1. The predicted octanol–water partition coefficient (Wildman–Crippen LogP) is 4.23. The van der Waals surface area contributed by atoms with Crippen LogP contribution in [0.4, 0.5) is 0 Å². The lowest BCUT2D eigenvalue weighted by atomic mass is 10.00. The highest BCUT2D eigenvalue weighted by Gasteiger charge is 2.28. The van der Waals surface area contributed by atoms with Gasteiger partial charge in [-0.15, -0.1) is 0 Å². The number of benzene rings is 2. The molecule has 2 aromatic carbocycles. The minimum absolute atomic E-state index is 0.146. The first kappa shape index (κ1) is 27.4. The summed E-state index contributed by atoms with van der Waals surface area (Å²) in [4.78, 5) is 26.1. The number of hydrogen-bond acceptors (Lipinski definition) is 4. The molecule has 0 spiro atoms. The third-order valence-corrected chi connectivity index (χ3v) is 5.22. The van der Waals surface area contributed by atoms with Crippen molar-refractivity contribution in [3.63, 3.8) is 0 Å². The van der Waals surface area contributed by atoms with Crippen molar-refractivity contribution < 1.29 is 14.3 Å². The Bertz CT molecular complexity index is 889. The summed E-state index contributed by atoms with van der Waals surface area (Å²) in [6.45, 7) is 13.1. The van der Waals surface area contributed by atoms with E-state index in [1.165, 1.54) is 0 Å². The van der Waals surface area contributed by atoms with Crippen molar-refractivity contribution in [1.82, 2.24) is 16.0 Å². The molecule has 0 aromatic heterocycles. The van der Waals surface area contributed by atoms with Gasteiger partial charge in [-0.2, -0.15) is 0 Å². The van der Waals surface area contributed by atoms with Crippen LogP contribution < -0.4 is 20.7 Å². The van der Waals surface area contributed by atoms with Crippen LogP contribution in [0.25, 0.3) is 0 Å². The van der Waals surface area contributed by atoms with Crippen LogP contribution in [0.2, 0.25) is 0 Å². The van der Waals surface area contributed by atoms with Gasteiger partial charge in [-0.1, -0.05) is 63.2 Å². The van der Waals surface area contributed by atoms with Gasteiger partial charge in [-0.05, 0) is 62.9 Å². The second kappa shape index (κ2) is 13.1. The summed E-state index contributed by atoms with van der Waals surface area (Å²) < 4.78 is 5.87. The SMILES string of the molecule is CCN[C@@H](CC(C)C)C(=O)N[C@H](Cc1ccc(OCc2ccccc2)cc1)C(=O)NC(C)(C)C. The van der Waals surface area contributed by atoms with Gasteiger partial charge in [0.1, 0.15) is 18.4 Å². The molecule has 0 aliphatic carbocycles. The Labute approximate surface area is 204 Å². The van der Waals surface area contributed by atoms with Crippen LogP contribution in [0.5, 0.6) is 5.75 Å². The van der Waals surface area contributed by atoms with Gasteiger partial charge in [0.2, 0.25) is 11.8 Å². The van der Waals surface area contributed by atoms with Gasteiger partial charge in [0, 0.05) is 12.0 Å². The number of likely N-dealkylation sites (N-methyl/N-ethyl adjacent to an activating group) is 1. The van der Waals surface area contributed by atoms with E-state index in [4.69, 9.17) is 4.74 Å². The van der Waals surface area contributed by atoms with Crippen LogP contribution >= 0.6 is 0 Å². The van der Waals surface area contributed by atoms with E-state index < -0.39 is 11.6 Å². The van der Waals surface area contributed by atoms with Crippen molar-refractivity contribution in [2.24, 2.45) is 5.92 Å². The molecule has 2 aromatic rings. The zero-order valence-corrected chi connectivity index (χ0v) is 21.5. The summed E-state index contributed by atoms with van der Waals surface area (Å²) in [5.41, 5.74) is 1.66. The van der Waals surface area contributed by atoms with E-state index >= 15 is 0 Å². The molecular weight excluding hydrogens is 426 g/mol. The lowest BCUT2D eigenvalue weighted by Gasteiger charge is -2.27. The first-order valence-electron chi connectivity index (χ1n) is 12.2. The maximum Gasteiger partial charge on any atom is 0.243 e. The summed E-state index contributed by atoms with van der Waals surface area (Å²) in [6, 6.07) is 16.7. The molecule has 2 amide bonds. The number of amides is 2. The molecule has 0 bridgehead atoms. The standard InChI is InChI=1S/C28H41N3O3/c1-7-29-24(17-20(2)3)26(32)30-25(27(33)31-28(4,5)6)18-21-13-15-23(16-14-21)34-19-22-11-9-8-10-12-22/h8-16,20,24-25,29H,7,17-19H2,1-6H3,(H,30,32)(H,31,33)/t24-,25+/m0/s1. The summed E-state index contributed by atoms with van der Waals surface area (Å²) in [7, 11) is 0. The molecule has 0 saturated carbocycles. The number of hydrogen-bond donors (Lipinski definition) is 3. The Hall–Kier alpha value is -2.86. The quantitative estimate of drug-likeness (QED) is 0.436. The molecule has 0 fully saturated rings. The Morgan fingerprint density at radius 1 is 0.882 bits per heavy atom. The van der Waals surface area contributed by atoms with Crippen LogP contribution in [0, 0.1) is 5.92 Å². The lowest BCUT2D eigenvalue weighted by molar-refractivity contribution is -0.131. The maximum absolute atomic E-state index is 13.1. The monoisotopic (exact) mass is 467 g/mol. The normalized spacial score (nSPS) is 13.3. The number of nitrogens with one attached hydrogen (secondary N) is 3. The molecule has 0 radical (unpaired) electrons. The highest BCUT2D eigenvalue weighted by atomic mass is 16.5. The van der Waals surface area contributed by atoms with Gasteiger partial charge in [0.25, 0.3) is 0 Å². The molecule has 2 atom stereocenters. The van der Waals surface area contributed by atoms with Crippen LogP contribution in [0.3, 0.4) is 0 Å². The number of rotatable bonds is 12. The smallest absolute Gasteiger partial charge is 0.243 e. The highest BCUT2D eigenvalue weighted by molar-refractivity contribution is 5.90. The molecule has 0 aliphatic heterocycles. The van der Waals surface area contributed by atoms with E-state index in [0.29, 0.717) is 31.9 Å². The lowest BCUT2D eigenvalue weighted by Crippen LogP contribution is -2.56. The van der Waals surface area contributed by atoms with Gasteiger partial charge in [0.15, 0.2) is 0 Å². The molecule has 6 heteroatoms. The van der Waals surface area contributed by atoms with Gasteiger partial charge in [0.05, 0.1) is 6.04 Å². The predicted molar refractivity (Wildman–Crippen MR) is 138 cm³/mol. The minimum atomic E-state index is -0.670. The van der Waals surface area contributed by atoms with E-state index in [0.717, 1.165) is 16.9 Å². The van der Waals surface area contributed by atoms with Crippen LogP contribution in [0.1, 0.15) is 59.1 Å². The summed E-state index contributed by atoms with van der Waals surface area (Å²) in [5, 5.41) is 9.25. The summed E-state index contributed by atoms with van der Waals surface area (Å²) in [5.74, 6) is 0.786. The van der Waals surface area contributed by atoms with Crippen molar-refractivity contribution in [1.29, 1.82) is 0 Å². The second-order valence-corrected chi connectivity index (χ2v) is 10.2. The third kappa shape index (κ3) is 9.96. The van der Waals surface area contributed by atoms with Gasteiger partial charge < -0.3 is 20.7 Å². The molecule has 3 N–H and O–H groups in total. The molecule has 34 heavy (non-hydrogen) atoms. The van der Waals surface area contributed by atoms with Crippen molar-refractivity contribution in [3.05, 3.63) is 65.7 Å². The average Bonchev–Trinajstić information content (AvgIpc) is 2.77. The van der Waals surface area contributed by atoms with Gasteiger partial charge >= 0.3 is 0 Å². The molecule has 0 saturated heterocycles. The number of carbonyl (C=O) groups excluding carboxylic acids is 2.